The zero-order chi connectivity index (χ0) is 12.8. The number of hydrogen-bond acceptors (Lipinski definition) is 3. The van der Waals surface area contributed by atoms with E-state index < -0.39 is 0 Å². The largest absolute Gasteiger partial charge is 0.384 e. The summed E-state index contributed by atoms with van der Waals surface area (Å²) in [4.78, 5) is 11.8. The summed E-state index contributed by atoms with van der Waals surface area (Å²) in [5.74, 6) is 0.601. The number of carbonyl (C=O) groups is 1. The highest BCUT2D eigenvalue weighted by Crippen LogP contribution is 2.15. The third kappa shape index (κ3) is 4.94. The van der Waals surface area contributed by atoms with Gasteiger partial charge in [0.15, 0.2) is 0 Å². The summed E-state index contributed by atoms with van der Waals surface area (Å²) >= 11 is 0. The maximum Gasteiger partial charge on any atom is 0.220 e. The third-order valence-electron chi connectivity index (χ3n) is 3.11. The Balaban J connectivity index is 4.21. The van der Waals surface area contributed by atoms with Gasteiger partial charge in [0.25, 0.3) is 0 Å². The van der Waals surface area contributed by atoms with Crippen LogP contribution in [0.15, 0.2) is 0 Å². The van der Waals surface area contributed by atoms with Crippen LogP contribution in [-0.4, -0.2) is 31.7 Å². The van der Waals surface area contributed by atoms with Gasteiger partial charge < -0.3 is 15.8 Å². The van der Waals surface area contributed by atoms with Crippen molar-refractivity contribution in [2.24, 2.45) is 17.6 Å². The second-order valence-electron chi connectivity index (χ2n) is 5.09. The number of rotatable bonds is 7. The predicted molar refractivity (Wildman–Crippen MR) is 66.1 cm³/mol. The fourth-order valence-corrected chi connectivity index (χ4v) is 1.46. The quantitative estimate of drug-likeness (QED) is 0.689. The van der Waals surface area contributed by atoms with Crippen molar-refractivity contribution in [1.29, 1.82) is 0 Å². The molecule has 0 saturated heterocycles. The molecule has 2 unspecified atom stereocenters. The first-order valence-electron chi connectivity index (χ1n) is 5.85. The number of hydrogen-bond donors (Lipinski definition) is 2. The Morgan fingerprint density at radius 1 is 1.44 bits per heavy atom. The molecule has 0 bridgehead atoms. The summed E-state index contributed by atoms with van der Waals surface area (Å²) in [6.07, 6.45) is 0.482. The maximum absolute atomic E-state index is 11.8. The molecule has 2 atom stereocenters. The summed E-state index contributed by atoms with van der Waals surface area (Å²) in [5.41, 5.74) is 5.39. The van der Waals surface area contributed by atoms with Crippen molar-refractivity contribution in [3.05, 3.63) is 0 Å². The van der Waals surface area contributed by atoms with Gasteiger partial charge in [-0.15, -0.1) is 0 Å². The molecule has 0 fully saturated rings. The number of ether oxygens (including phenoxy) is 1. The lowest BCUT2D eigenvalue weighted by atomic mass is 9.88. The standard InChI is InChI=1S/C12H26N2O2/c1-9(2)12(4,8-13)14-11(15)6-10(3)7-16-5/h9-10H,6-8,13H2,1-5H3,(H,14,15). The van der Waals surface area contributed by atoms with Crippen LogP contribution >= 0.6 is 0 Å². The van der Waals surface area contributed by atoms with E-state index in [9.17, 15) is 4.79 Å². The van der Waals surface area contributed by atoms with E-state index in [4.69, 9.17) is 10.5 Å². The smallest absolute Gasteiger partial charge is 0.220 e. The molecule has 4 nitrogen and oxygen atoms in total. The lowest BCUT2D eigenvalue weighted by molar-refractivity contribution is -0.124. The van der Waals surface area contributed by atoms with Crippen LogP contribution in [0.2, 0.25) is 0 Å². The van der Waals surface area contributed by atoms with Gasteiger partial charge in [-0.25, -0.2) is 0 Å². The van der Waals surface area contributed by atoms with Gasteiger partial charge in [0.05, 0.1) is 5.54 Å². The lowest BCUT2D eigenvalue weighted by Gasteiger charge is -2.34. The Kier molecular flexibility index (Phi) is 6.60. The highest BCUT2D eigenvalue weighted by Gasteiger charge is 2.28. The second-order valence-corrected chi connectivity index (χ2v) is 5.09. The molecular formula is C12H26N2O2. The molecule has 0 aromatic heterocycles. The molecule has 0 aliphatic carbocycles. The Bertz CT molecular complexity index is 219. The Morgan fingerprint density at radius 3 is 2.38 bits per heavy atom. The van der Waals surface area contributed by atoms with Gasteiger partial charge in [-0.1, -0.05) is 20.8 Å². The average molecular weight is 230 g/mol. The molecule has 16 heavy (non-hydrogen) atoms. The number of amides is 1. The van der Waals surface area contributed by atoms with Crippen LogP contribution in [0, 0.1) is 11.8 Å². The van der Waals surface area contributed by atoms with Crippen molar-refractivity contribution in [2.45, 2.75) is 39.7 Å². The van der Waals surface area contributed by atoms with Crippen molar-refractivity contribution >= 4 is 5.91 Å². The van der Waals surface area contributed by atoms with E-state index in [1.165, 1.54) is 0 Å². The molecular weight excluding hydrogens is 204 g/mol. The third-order valence-corrected chi connectivity index (χ3v) is 3.11. The van der Waals surface area contributed by atoms with E-state index in [-0.39, 0.29) is 17.4 Å². The molecule has 0 radical (unpaired) electrons. The minimum absolute atomic E-state index is 0.0474. The van der Waals surface area contributed by atoms with Gasteiger partial charge in [-0.2, -0.15) is 0 Å². The highest BCUT2D eigenvalue weighted by atomic mass is 16.5. The van der Waals surface area contributed by atoms with Crippen LogP contribution in [0.5, 0.6) is 0 Å². The van der Waals surface area contributed by atoms with Crippen molar-refractivity contribution in [1.82, 2.24) is 5.32 Å². The topological polar surface area (TPSA) is 64.3 Å². The first kappa shape index (κ1) is 15.4. The van der Waals surface area contributed by atoms with E-state index in [1.807, 2.05) is 13.8 Å². The summed E-state index contributed by atoms with van der Waals surface area (Å²) in [7, 11) is 1.65. The second kappa shape index (κ2) is 6.86. The van der Waals surface area contributed by atoms with Crippen LogP contribution in [-0.2, 0) is 9.53 Å². The summed E-state index contributed by atoms with van der Waals surface area (Å²) < 4.78 is 5.00. The predicted octanol–water partition coefficient (Wildman–Crippen LogP) is 1.15. The van der Waals surface area contributed by atoms with E-state index >= 15 is 0 Å². The SMILES string of the molecule is COCC(C)CC(=O)NC(C)(CN)C(C)C. The van der Waals surface area contributed by atoms with E-state index in [2.05, 4.69) is 19.2 Å². The average Bonchev–Trinajstić information content (AvgIpc) is 2.17. The van der Waals surface area contributed by atoms with E-state index in [1.54, 1.807) is 7.11 Å². The van der Waals surface area contributed by atoms with Gasteiger partial charge in [0.1, 0.15) is 0 Å². The van der Waals surface area contributed by atoms with Gasteiger partial charge >= 0.3 is 0 Å². The summed E-state index contributed by atoms with van der Waals surface area (Å²) in [6, 6.07) is 0. The number of nitrogens with one attached hydrogen (secondary N) is 1. The van der Waals surface area contributed by atoms with E-state index in [0.717, 1.165) is 0 Å². The van der Waals surface area contributed by atoms with Crippen molar-refractivity contribution < 1.29 is 9.53 Å². The Labute approximate surface area is 98.9 Å². The first-order valence-corrected chi connectivity index (χ1v) is 5.85. The zero-order valence-corrected chi connectivity index (χ0v) is 11.2. The molecule has 0 aromatic carbocycles. The molecule has 4 heteroatoms. The molecule has 0 aliphatic rings. The lowest BCUT2D eigenvalue weighted by Crippen LogP contribution is -2.55. The minimum atomic E-state index is -0.316. The Hall–Kier alpha value is -0.610. The van der Waals surface area contributed by atoms with Crippen LogP contribution in [0.1, 0.15) is 34.1 Å². The van der Waals surface area contributed by atoms with Crippen LogP contribution in [0.4, 0.5) is 0 Å². The molecule has 0 heterocycles. The molecule has 96 valence electrons. The summed E-state index contributed by atoms with van der Waals surface area (Å²) in [6.45, 7) is 9.16. The molecule has 3 N–H and O–H groups in total. The number of nitrogens with two attached hydrogens (primary N) is 1. The highest BCUT2D eigenvalue weighted by molar-refractivity contribution is 5.77. The Morgan fingerprint density at radius 2 is 2.00 bits per heavy atom. The zero-order valence-electron chi connectivity index (χ0n) is 11.2. The monoisotopic (exact) mass is 230 g/mol. The van der Waals surface area contributed by atoms with Crippen LogP contribution in [0.3, 0.4) is 0 Å². The van der Waals surface area contributed by atoms with Gasteiger partial charge in [0.2, 0.25) is 5.91 Å². The number of carbonyl (C=O) groups excluding carboxylic acids is 1. The van der Waals surface area contributed by atoms with Crippen LogP contribution < -0.4 is 11.1 Å². The van der Waals surface area contributed by atoms with Crippen molar-refractivity contribution in [2.75, 3.05) is 20.3 Å². The maximum atomic E-state index is 11.8. The van der Waals surface area contributed by atoms with E-state index in [0.29, 0.717) is 25.5 Å². The molecule has 1 amide bonds. The van der Waals surface area contributed by atoms with Crippen molar-refractivity contribution in [3.63, 3.8) is 0 Å². The summed E-state index contributed by atoms with van der Waals surface area (Å²) in [5, 5.41) is 3.01. The molecule has 0 saturated carbocycles. The molecule has 0 aromatic rings. The molecule has 0 spiro atoms. The van der Waals surface area contributed by atoms with Gasteiger partial charge in [-0.3, -0.25) is 4.79 Å². The van der Waals surface area contributed by atoms with Crippen LogP contribution in [0.25, 0.3) is 0 Å². The normalized spacial score (nSPS) is 16.9. The first-order chi connectivity index (χ1) is 7.35. The minimum Gasteiger partial charge on any atom is -0.384 e. The van der Waals surface area contributed by atoms with Gasteiger partial charge in [0, 0.05) is 26.7 Å². The molecule has 0 rings (SSSR count). The fourth-order valence-electron chi connectivity index (χ4n) is 1.46. The fraction of sp³-hybridized carbons (Fsp3) is 0.917. The molecule has 0 aliphatic heterocycles. The number of methoxy groups -OCH3 is 1. The van der Waals surface area contributed by atoms with Crippen molar-refractivity contribution in [3.8, 4) is 0 Å². The van der Waals surface area contributed by atoms with Gasteiger partial charge in [-0.05, 0) is 18.8 Å².